The molecule has 0 unspecified atom stereocenters. The van der Waals surface area contributed by atoms with Crippen molar-refractivity contribution in [3.63, 3.8) is 0 Å². The van der Waals surface area contributed by atoms with Crippen LogP contribution in [0.5, 0.6) is 0 Å². The fourth-order valence-corrected chi connectivity index (χ4v) is 2.31. The van der Waals surface area contributed by atoms with Crippen LogP contribution in [-0.2, 0) is 24.2 Å². The van der Waals surface area contributed by atoms with Crippen LogP contribution >= 0.6 is 11.8 Å². The number of hydrogen-bond donors (Lipinski definition) is 2. The average molecular weight is 285 g/mol. The minimum Gasteiger partial charge on any atom is -0.361 e. The van der Waals surface area contributed by atoms with Crippen LogP contribution in [-0.4, -0.2) is 29.1 Å². The van der Waals surface area contributed by atoms with Crippen LogP contribution in [0, 0.1) is 0 Å². The molecule has 0 saturated heterocycles. The largest absolute Gasteiger partial charge is 0.361 e. The lowest BCUT2D eigenvalue weighted by Crippen LogP contribution is -2.40. The van der Waals surface area contributed by atoms with Gasteiger partial charge in [0.05, 0.1) is 11.7 Å². The Bertz CT molecular complexity index is 385. The molecule has 0 aliphatic carbocycles. The van der Waals surface area contributed by atoms with Crippen LogP contribution in [0.3, 0.4) is 0 Å². The van der Waals surface area contributed by atoms with E-state index in [4.69, 9.17) is 10.3 Å². The fraction of sp³-hybridized carbons (Fsp3) is 0.692. The van der Waals surface area contributed by atoms with Gasteiger partial charge >= 0.3 is 0 Å². The van der Waals surface area contributed by atoms with Gasteiger partial charge < -0.3 is 15.6 Å². The van der Waals surface area contributed by atoms with Gasteiger partial charge in [0.2, 0.25) is 5.91 Å². The molecule has 1 amide bonds. The summed E-state index contributed by atoms with van der Waals surface area (Å²) >= 11 is 1.69. The Balaban J connectivity index is 2.56. The lowest BCUT2D eigenvalue weighted by molar-refractivity contribution is -0.122. The Hall–Kier alpha value is -1.01. The van der Waals surface area contributed by atoms with Crippen LogP contribution < -0.4 is 11.1 Å². The van der Waals surface area contributed by atoms with Crippen LogP contribution in [0.15, 0.2) is 4.52 Å². The van der Waals surface area contributed by atoms with Gasteiger partial charge in [0.25, 0.3) is 0 Å². The molecule has 1 aromatic rings. The van der Waals surface area contributed by atoms with Crippen molar-refractivity contribution in [1.82, 2.24) is 10.5 Å². The number of thioether (sulfide) groups is 1. The molecule has 1 atom stereocenters. The number of aromatic nitrogens is 1. The summed E-state index contributed by atoms with van der Waals surface area (Å²) in [5.41, 5.74) is 7.73. The third-order valence-corrected chi connectivity index (χ3v) is 3.66. The highest BCUT2D eigenvalue weighted by Crippen LogP contribution is 2.15. The maximum absolute atomic E-state index is 11.8. The van der Waals surface area contributed by atoms with Gasteiger partial charge in [-0.3, -0.25) is 4.79 Å². The number of nitrogens with one attached hydrogen (secondary N) is 1. The fourth-order valence-electron chi connectivity index (χ4n) is 1.82. The second-order valence-corrected chi connectivity index (χ2v) is 5.33. The summed E-state index contributed by atoms with van der Waals surface area (Å²) in [7, 11) is 0. The Morgan fingerprint density at radius 1 is 1.47 bits per heavy atom. The summed E-state index contributed by atoms with van der Waals surface area (Å²) in [4.78, 5) is 11.8. The number of nitrogens with two attached hydrogens (primary N) is 1. The Kier molecular flexibility index (Phi) is 6.94. The van der Waals surface area contributed by atoms with Crippen LogP contribution in [0.25, 0.3) is 0 Å². The molecule has 0 aliphatic rings. The first-order chi connectivity index (χ1) is 9.13. The van der Waals surface area contributed by atoms with Gasteiger partial charge in [-0.1, -0.05) is 19.0 Å². The van der Waals surface area contributed by atoms with E-state index in [1.807, 2.05) is 20.1 Å². The third kappa shape index (κ3) is 4.54. The van der Waals surface area contributed by atoms with E-state index >= 15 is 0 Å². The summed E-state index contributed by atoms with van der Waals surface area (Å²) in [5.74, 6) is 1.62. The van der Waals surface area contributed by atoms with Crippen LogP contribution in [0.4, 0.5) is 0 Å². The van der Waals surface area contributed by atoms with Gasteiger partial charge in [0, 0.05) is 18.5 Å². The summed E-state index contributed by atoms with van der Waals surface area (Å²) in [5, 5.41) is 6.89. The first-order valence-corrected chi connectivity index (χ1v) is 8.01. The first kappa shape index (κ1) is 16.0. The molecule has 19 heavy (non-hydrogen) atoms. The molecule has 5 nitrogen and oxygen atoms in total. The maximum Gasteiger partial charge on any atom is 0.237 e. The van der Waals surface area contributed by atoms with Crippen molar-refractivity contribution in [3.8, 4) is 0 Å². The quantitative estimate of drug-likeness (QED) is 0.756. The minimum absolute atomic E-state index is 0.112. The highest BCUT2D eigenvalue weighted by Gasteiger charge is 2.17. The zero-order valence-electron chi connectivity index (χ0n) is 11.9. The summed E-state index contributed by atoms with van der Waals surface area (Å²) in [6.45, 7) is 4.48. The monoisotopic (exact) mass is 285 g/mol. The third-order valence-electron chi connectivity index (χ3n) is 3.02. The van der Waals surface area contributed by atoms with Gasteiger partial charge in [-0.25, -0.2) is 0 Å². The molecule has 1 aromatic heterocycles. The maximum atomic E-state index is 11.8. The second kappa shape index (κ2) is 8.22. The van der Waals surface area contributed by atoms with Crippen molar-refractivity contribution in [2.24, 2.45) is 5.73 Å². The van der Waals surface area contributed by atoms with Crippen molar-refractivity contribution < 1.29 is 9.32 Å². The highest BCUT2D eigenvalue weighted by atomic mass is 32.2. The van der Waals surface area contributed by atoms with Gasteiger partial charge in [0.15, 0.2) is 0 Å². The number of carbonyl (C=O) groups is 1. The normalized spacial score (nSPS) is 12.4. The zero-order valence-corrected chi connectivity index (χ0v) is 12.7. The lowest BCUT2D eigenvalue weighted by atomic mass is 10.1. The molecule has 0 spiro atoms. The molecule has 0 radical (unpaired) electrons. The van der Waals surface area contributed by atoms with E-state index in [-0.39, 0.29) is 5.91 Å². The van der Waals surface area contributed by atoms with Crippen LogP contribution in [0.2, 0.25) is 0 Å². The summed E-state index contributed by atoms with van der Waals surface area (Å²) in [6, 6.07) is -0.442. The molecule has 1 heterocycles. The molecular weight excluding hydrogens is 262 g/mol. The van der Waals surface area contributed by atoms with Crippen molar-refractivity contribution >= 4 is 17.7 Å². The van der Waals surface area contributed by atoms with E-state index in [1.54, 1.807) is 11.8 Å². The molecule has 1 rings (SSSR count). The zero-order chi connectivity index (χ0) is 14.3. The molecule has 0 bridgehead atoms. The molecular formula is C13H23N3O2S. The van der Waals surface area contributed by atoms with Gasteiger partial charge in [-0.15, -0.1) is 0 Å². The van der Waals surface area contributed by atoms with Gasteiger partial charge in [0.1, 0.15) is 5.76 Å². The van der Waals surface area contributed by atoms with Gasteiger partial charge in [-0.2, -0.15) is 11.8 Å². The molecule has 3 N–H and O–H groups in total. The summed E-state index contributed by atoms with van der Waals surface area (Å²) < 4.78 is 5.26. The van der Waals surface area contributed by atoms with E-state index in [0.717, 1.165) is 35.6 Å². The number of rotatable bonds is 8. The van der Waals surface area contributed by atoms with E-state index in [0.29, 0.717) is 13.0 Å². The first-order valence-electron chi connectivity index (χ1n) is 6.62. The predicted molar refractivity (Wildman–Crippen MR) is 78.1 cm³/mol. The average Bonchev–Trinajstić information content (AvgIpc) is 2.83. The topological polar surface area (TPSA) is 81.2 Å². The van der Waals surface area contributed by atoms with Crippen molar-refractivity contribution in [2.45, 2.75) is 45.7 Å². The Morgan fingerprint density at radius 3 is 2.79 bits per heavy atom. The minimum atomic E-state index is -0.442. The standard InChI is InChI=1S/C13H23N3O2S/c1-4-11-9(12(5-2)18-16-11)8-15-13(17)10(14)6-7-19-3/h10H,4-8,14H2,1-3H3,(H,15,17)/t10-/m0/s1. The number of amides is 1. The van der Waals surface area contributed by atoms with Gasteiger partial charge in [-0.05, 0) is 24.9 Å². The smallest absolute Gasteiger partial charge is 0.237 e. The van der Waals surface area contributed by atoms with E-state index in [9.17, 15) is 4.79 Å². The number of hydrogen-bond acceptors (Lipinski definition) is 5. The van der Waals surface area contributed by atoms with E-state index < -0.39 is 6.04 Å². The van der Waals surface area contributed by atoms with Crippen molar-refractivity contribution in [3.05, 3.63) is 17.0 Å². The van der Waals surface area contributed by atoms with E-state index in [1.165, 1.54) is 0 Å². The molecule has 0 saturated carbocycles. The molecule has 0 aliphatic heterocycles. The Morgan fingerprint density at radius 2 is 2.21 bits per heavy atom. The molecule has 0 aromatic carbocycles. The Labute approximate surface area is 118 Å². The molecule has 108 valence electrons. The van der Waals surface area contributed by atoms with Crippen molar-refractivity contribution in [2.75, 3.05) is 12.0 Å². The van der Waals surface area contributed by atoms with E-state index in [2.05, 4.69) is 10.5 Å². The number of carbonyl (C=O) groups excluding carboxylic acids is 1. The SMILES string of the molecule is CCc1noc(CC)c1CNC(=O)[C@@H](N)CCSC. The summed E-state index contributed by atoms with van der Waals surface area (Å²) in [6.07, 6.45) is 4.27. The number of aryl methyl sites for hydroxylation is 2. The lowest BCUT2D eigenvalue weighted by Gasteiger charge is -2.11. The number of nitrogens with zero attached hydrogens (tertiary/aromatic N) is 1. The molecule has 0 fully saturated rings. The van der Waals surface area contributed by atoms with Crippen LogP contribution in [0.1, 0.15) is 37.3 Å². The van der Waals surface area contributed by atoms with Crippen molar-refractivity contribution in [1.29, 1.82) is 0 Å². The predicted octanol–water partition coefficient (Wildman–Crippen LogP) is 1.50. The highest BCUT2D eigenvalue weighted by molar-refractivity contribution is 7.98. The second-order valence-electron chi connectivity index (χ2n) is 4.34. The molecule has 6 heteroatoms.